The number of rotatable bonds is 5. The molecule has 2 aromatic rings. The highest BCUT2D eigenvalue weighted by atomic mass is 32.2. The molecule has 0 aliphatic carbocycles. The first kappa shape index (κ1) is 19.0. The third kappa shape index (κ3) is 4.89. The molecule has 7 heteroatoms. The van der Waals surface area contributed by atoms with Gasteiger partial charge in [-0.1, -0.05) is 24.3 Å². The van der Waals surface area contributed by atoms with Gasteiger partial charge in [-0.25, -0.2) is 14.0 Å². The van der Waals surface area contributed by atoms with Crippen LogP contribution >= 0.6 is 11.8 Å². The molecule has 5 nitrogen and oxygen atoms in total. The van der Waals surface area contributed by atoms with Gasteiger partial charge in [0.25, 0.3) is 5.79 Å². The van der Waals surface area contributed by atoms with Crippen molar-refractivity contribution in [3.8, 4) is 0 Å². The number of hydrogen-bond donors (Lipinski definition) is 1. The quantitative estimate of drug-likeness (QED) is 0.358. The van der Waals surface area contributed by atoms with E-state index in [1.54, 1.807) is 6.07 Å². The summed E-state index contributed by atoms with van der Waals surface area (Å²) in [6.07, 6.45) is 1.28. The third-order valence-corrected chi connectivity index (χ3v) is 4.80. The van der Waals surface area contributed by atoms with Gasteiger partial charge in [-0.05, 0) is 29.8 Å². The van der Waals surface area contributed by atoms with E-state index in [9.17, 15) is 14.0 Å². The molecule has 0 unspecified atom stereocenters. The molecule has 1 fully saturated rings. The maximum absolute atomic E-state index is 13.3. The molecular weight excluding hydrogens is 369 g/mol. The molecule has 0 bridgehead atoms. The standard InChI is InChI=1S/C20H18FNO4S/c1-20(2)25-18(23)15(19(24)26-20)11-22-16-8-3-4-9-17(16)27-12-13-6-5-7-14(21)10-13/h3-11,22H,12H2,1-2H3. The summed E-state index contributed by atoms with van der Waals surface area (Å²) in [5.41, 5.74) is 1.35. The van der Waals surface area contributed by atoms with Gasteiger partial charge in [0.05, 0.1) is 5.69 Å². The summed E-state index contributed by atoms with van der Waals surface area (Å²) in [7, 11) is 0. The zero-order chi connectivity index (χ0) is 19.4. The number of esters is 2. The number of nitrogens with one attached hydrogen (secondary N) is 1. The van der Waals surface area contributed by atoms with Crippen molar-refractivity contribution < 1.29 is 23.5 Å². The average Bonchev–Trinajstić information content (AvgIpc) is 2.59. The Morgan fingerprint density at radius 3 is 2.48 bits per heavy atom. The monoisotopic (exact) mass is 387 g/mol. The van der Waals surface area contributed by atoms with Crippen LogP contribution in [0.4, 0.5) is 10.1 Å². The van der Waals surface area contributed by atoms with E-state index in [4.69, 9.17) is 9.47 Å². The molecule has 0 radical (unpaired) electrons. The van der Waals surface area contributed by atoms with Crippen molar-refractivity contribution in [1.29, 1.82) is 0 Å². The highest BCUT2D eigenvalue weighted by molar-refractivity contribution is 7.98. The van der Waals surface area contributed by atoms with Crippen LogP contribution in [0, 0.1) is 5.82 Å². The van der Waals surface area contributed by atoms with Gasteiger partial charge in [0.15, 0.2) is 5.57 Å². The Bertz CT molecular complexity index is 888. The minimum absolute atomic E-state index is 0.209. The molecule has 0 amide bonds. The summed E-state index contributed by atoms with van der Waals surface area (Å²) < 4.78 is 23.4. The first-order valence-corrected chi connectivity index (χ1v) is 9.22. The SMILES string of the molecule is CC1(C)OC(=O)C(=CNc2ccccc2SCc2cccc(F)c2)C(=O)O1. The summed E-state index contributed by atoms with van der Waals surface area (Å²) in [6, 6.07) is 13.8. The molecule has 140 valence electrons. The molecule has 1 aliphatic heterocycles. The second-order valence-corrected chi connectivity index (χ2v) is 7.31. The van der Waals surface area contributed by atoms with Crippen molar-refractivity contribution in [3.05, 3.63) is 71.7 Å². The molecule has 0 atom stereocenters. The summed E-state index contributed by atoms with van der Waals surface area (Å²) in [5.74, 6) is -2.46. The van der Waals surface area contributed by atoms with Crippen LogP contribution in [0.25, 0.3) is 0 Å². The molecule has 27 heavy (non-hydrogen) atoms. The normalized spacial score (nSPS) is 15.7. The van der Waals surface area contributed by atoms with E-state index in [0.29, 0.717) is 11.4 Å². The predicted molar refractivity (Wildman–Crippen MR) is 100 cm³/mol. The van der Waals surface area contributed by atoms with E-state index in [2.05, 4.69) is 5.32 Å². The molecule has 1 N–H and O–H groups in total. The maximum atomic E-state index is 13.3. The predicted octanol–water partition coefficient (Wildman–Crippen LogP) is 4.25. The lowest BCUT2D eigenvalue weighted by atomic mass is 10.2. The molecule has 2 aromatic carbocycles. The lowest BCUT2D eigenvalue weighted by Gasteiger charge is -2.29. The van der Waals surface area contributed by atoms with Gasteiger partial charge in [-0.15, -0.1) is 11.8 Å². The third-order valence-electron chi connectivity index (χ3n) is 3.66. The molecule has 0 saturated carbocycles. The molecule has 0 spiro atoms. The lowest BCUT2D eigenvalue weighted by Crippen LogP contribution is -2.42. The summed E-state index contributed by atoms with van der Waals surface area (Å²) >= 11 is 1.51. The van der Waals surface area contributed by atoms with Gasteiger partial charge >= 0.3 is 11.9 Å². The van der Waals surface area contributed by atoms with Crippen LogP contribution in [-0.4, -0.2) is 17.7 Å². The van der Waals surface area contributed by atoms with Crippen LogP contribution in [0.5, 0.6) is 0 Å². The topological polar surface area (TPSA) is 64.6 Å². The highest BCUT2D eigenvalue weighted by Crippen LogP contribution is 2.30. The number of anilines is 1. The number of para-hydroxylation sites is 1. The van der Waals surface area contributed by atoms with Crippen LogP contribution in [0.2, 0.25) is 0 Å². The Morgan fingerprint density at radius 2 is 1.78 bits per heavy atom. The Kier molecular flexibility index (Phi) is 5.51. The molecular formula is C20H18FNO4S. The highest BCUT2D eigenvalue weighted by Gasteiger charge is 2.38. The first-order valence-electron chi connectivity index (χ1n) is 8.24. The van der Waals surface area contributed by atoms with E-state index in [1.165, 1.54) is 43.9 Å². The van der Waals surface area contributed by atoms with Crippen LogP contribution in [0.3, 0.4) is 0 Å². The van der Waals surface area contributed by atoms with Gasteiger partial charge in [0.2, 0.25) is 0 Å². The zero-order valence-corrected chi connectivity index (χ0v) is 15.6. The number of benzene rings is 2. The summed E-state index contributed by atoms with van der Waals surface area (Å²) in [6.45, 7) is 2.98. The number of cyclic esters (lactones) is 2. The number of thioether (sulfide) groups is 1. The minimum atomic E-state index is -1.27. The van der Waals surface area contributed by atoms with Crippen molar-refractivity contribution in [2.75, 3.05) is 5.32 Å². The Morgan fingerprint density at radius 1 is 1.07 bits per heavy atom. The molecule has 0 aromatic heterocycles. The lowest BCUT2D eigenvalue weighted by molar-refractivity contribution is -0.222. The van der Waals surface area contributed by atoms with Gasteiger partial charge in [0.1, 0.15) is 5.82 Å². The van der Waals surface area contributed by atoms with Crippen LogP contribution in [0.15, 0.2) is 65.2 Å². The van der Waals surface area contributed by atoms with E-state index < -0.39 is 17.7 Å². The Balaban J connectivity index is 1.72. The van der Waals surface area contributed by atoms with Crippen LogP contribution < -0.4 is 5.32 Å². The number of ether oxygens (including phenoxy) is 2. The largest absolute Gasteiger partial charge is 0.419 e. The summed E-state index contributed by atoms with van der Waals surface area (Å²) in [5, 5.41) is 2.96. The maximum Gasteiger partial charge on any atom is 0.350 e. The number of hydrogen-bond acceptors (Lipinski definition) is 6. The van der Waals surface area contributed by atoms with Crippen molar-refractivity contribution >= 4 is 29.4 Å². The van der Waals surface area contributed by atoms with Crippen molar-refractivity contribution in [2.45, 2.75) is 30.3 Å². The zero-order valence-electron chi connectivity index (χ0n) is 14.8. The number of carbonyl (C=O) groups excluding carboxylic acids is 2. The molecule has 3 rings (SSSR count). The van der Waals surface area contributed by atoms with E-state index in [-0.39, 0.29) is 11.4 Å². The second kappa shape index (κ2) is 7.84. The van der Waals surface area contributed by atoms with Crippen molar-refractivity contribution in [3.63, 3.8) is 0 Å². The van der Waals surface area contributed by atoms with Gasteiger partial charge < -0.3 is 14.8 Å². The fourth-order valence-corrected chi connectivity index (χ4v) is 3.39. The number of halogens is 1. The minimum Gasteiger partial charge on any atom is -0.419 e. The Labute approximate surface area is 160 Å². The summed E-state index contributed by atoms with van der Waals surface area (Å²) in [4.78, 5) is 24.9. The van der Waals surface area contributed by atoms with Crippen LogP contribution in [-0.2, 0) is 24.8 Å². The Hall–Kier alpha value is -2.80. The molecule has 1 saturated heterocycles. The van der Waals surface area contributed by atoms with Crippen molar-refractivity contribution in [2.24, 2.45) is 0 Å². The van der Waals surface area contributed by atoms with Gasteiger partial charge in [-0.3, -0.25) is 0 Å². The van der Waals surface area contributed by atoms with E-state index in [0.717, 1.165) is 10.5 Å². The van der Waals surface area contributed by atoms with E-state index >= 15 is 0 Å². The van der Waals surface area contributed by atoms with Gasteiger partial charge in [-0.2, -0.15) is 0 Å². The second-order valence-electron chi connectivity index (χ2n) is 6.30. The average molecular weight is 387 g/mol. The van der Waals surface area contributed by atoms with E-state index in [1.807, 2.05) is 30.3 Å². The van der Waals surface area contributed by atoms with Crippen molar-refractivity contribution in [1.82, 2.24) is 0 Å². The number of carbonyl (C=O) groups is 2. The van der Waals surface area contributed by atoms with Crippen LogP contribution in [0.1, 0.15) is 19.4 Å². The smallest absolute Gasteiger partial charge is 0.350 e. The fourth-order valence-electron chi connectivity index (χ4n) is 2.43. The molecule has 1 aliphatic rings. The fraction of sp³-hybridized carbons (Fsp3) is 0.200. The first-order chi connectivity index (χ1) is 12.8. The van der Waals surface area contributed by atoms with Gasteiger partial charge in [0, 0.05) is 30.7 Å². The molecule has 1 heterocycles.